The van der Waals surface area contributed by atoms with Gasteiger partial charge in [0.15, 0.2) is 5.75 Å². The number of nitrogens with zero attached hydrogens (tertiary/aromatic N) is 6. The Hall–Kier alpha value is -6.04. The summed E-state index contributed by atoms with van der Waals surface area (Å²) in [4.78, 5) is 18.6. The van der Waals surface area contributed by atoms with Crippen LogP contribution in [0.1, 0.15) is 40.8 Å². The molecule has 4 aromatic carbocycles. The summed E-state index contributed by atoms with van der Waals surface area (Å²) < 4.78 is 68.1. The maximum atomic E-state index is 14.3. The van der Waals surface area contributed by atoms with E-state index in [1.165, 1.54) is 18.2 Å². The lowest BCUT2D eigenvalue weighted by molar-refractivity contribution is -0.0490. The first-order valence-corrected chi connectivity index (χ1v) is 17.0. The monoisotopic (exact) mass is 720 g/mol. The van der Waals surface area contributed by atoms with Crippen LogP contribution in [0.2, 0.25) is 0 Å². The molecule has 0 bridgehead atoms. The number of aryl methyl sites for hydroxylation is 6. The lowest BCUT2D eigenvalue weighted by Gasteiger charge is -2.13. The SMILES string of the molecule is CCOc1cc(F)cc2c1nc(C)c1c(C)nc(-c3ccccc3C)n12.Cc1ccccc1-c1nc(C)c2c(C)nc3c(OC(F)F)cc(F)cc3n12. The molecule has 0 unspecified atom stereocenters. The topological polar surface area (TPSA) is 78.8 Å². The van der Waals surface area contributed by atoms with E-state index >= 15 is 0 Å². The molecule has 0 saturated carbocycles. The molecule has 12 heteroatoms. The van der Waals surface area contributed by atoms with Crippen LogP contribution in [0.5, 0.6) is 11.5 Å². The Balaban J connectivity index is 0.000000164. The molecule has 0 radical (unpaired) electrons. The van der Waals surface area contributed by atoms with Gasteiger partial charge in [0.25, 0.3) is 0 Å². The van der Waals surface area contributed by atoms with Gasteiger partial charge >= 0.3 is 6.61 Å². The van der Waals surface area contributed by atoms with E-state index in [0.717, 1.165) is 56.7 Å². The summed E-state index contributed by atoms with van der Waals surface area (Å²) in [6.45, 7) is 10.8. The number of hydrogen-bond acceptors (Lipinski definition) is 6. The molecular weight excluding hydrogens is 684 g/mol. The minimum absolute atomic E-state index is 0.161. The first-order chi connectivity index (χ1) is 25.4. The number of rotatable bonds is 6. The minimum atomic E-state index is -3.08. The van der Waals surface area contributed by atoms with Gasteiger partial charge in [0, 0.05) is 35.4 Å². The first-order valence-electron chi connectivity index (χ1n) is 17.0. The van der Waals surface area contributed by atoms with E-state index in [1.807, 2.05) is 94.5 Å². The molecule has 0 saturated heterocycles. The Labute approximate surface area is 302 Å². The molecule has 270 valence electrons. The third kappa shape index (κ3) is 6.28. The van der Waals surface area contributed by atoms with Gasteiger partial charge in [0.05, 0.1) is 51.4 Å². The zero-order chi connectivity index (χ0) is 37.7. The van der Waals surface area contributed by atoms with E-state index in [1.54, 1.807) is 11.3 Å². The van der Waals surface area contributed by atoms with E-state index in [2.05, 4.69) is 14.7 Å². The van der Waals surface area contributed by atoms with Gasteiger partial charge in [-0.15, -0.1) is 0 Å². The van der Waals surface area contributed by atoms with Crippen molar-refractivity contribution < 1.29 is 27.0 Å². The lowest BCUT2D eigenvalue weighted by Crippen LogP contribution is -2.06. The first kappa shape index (κ1) is 35.4. The molecule has 0 aliphatic carbocycles. The highest BCUT2D eigenvalue weighted by atomic mass is 19.3. The van der Waals surface area contributed by atoms with Crippen molar-refractivity contribution in [1.29, 1.82) is 0 Å². The predicted molar refractivity (Wildman–Crippen MR) is 198 cm³/mol. The smallest absolute Gasteiger partial charge is 0.387 e. The van der Waals surface area contributed by atoms with Crippen LogP contribution in [0, 0.1) is 53.2 Å². The van der Waals surface area contributed by atoms with Gasteiger partial charge in [0.1, 0.15) is 40.1 Å². The molecular formula is C41H36F4N6O2. The normalized spacial score (nSPS) is 11.5. The van der Waals surface area contributed by atoms with Crippen LogP contribution in [0.3, 0.4) is 0 Å². The van der Waals surface area contributed by atoms with Crippen molar-refractivity contribution >= 4 is 33.1 Å². The Morgan fingerprint density at radius 3 is 1.43 bits per heavy atom. The molecule has 0 spiro atoms. The third-order valence-corrected chi connectivity index (χ3v) is 9.16. The summed E-state index contributed by atoms with van der Waals surface area (Å²) in [5, 5.41) is 0. The molecule has 0 aliphatic heterocycles. The van der Waals surface area contributed by atoms with Crippen molar-refractivity contribution in [3.63, 3.8) is 0 Å². The van der Waals surface area contributed by atoms with Crippen LogP contribution >= 0.6 is 0 Å². The van der Waals surface area contributed by atoms with Crippen LogP contribution in [-0.4, -0.2) is 42.0 Å². The van der Waals surface area contributed by atoms with Crippen molar-refractivity contribution in [2.24, 2.45) is 0 Å². The Kier molecular flexibility index (Phi) is 9.23. The van der Waals surface area contributed by atoms with Gasteiger partial charge in [-0.1, -0.05) is 48.5 Å². The molecule has 8 aromatic rings. The van der Waals surface area contributed by atoms with Gasteiger partial charge in [-0.25, -0.2) is 28.7 Å². The molecule has 0 amide bonds. The van der Waals surface area contributed by atoms with Gasteiger partial charge in [-0.2, -0.15) is 8.78 Å². The van der Waals surface area contributed by atoms with E-state index < -0.39 is 12.4 Å². The van der Waals surface area contributed by atoms with Gasteiger partial charge in [-0.05, 0) is 59.6 Å². The van der Waals surface area contributed by atoms with E-state index in [4.69, 9.17) is 14.7 Å². The Morgan fingerprint density at radius 1 is 0.585 bits per heavy atom. The summed E-state index contributed by atoms with van der Waals surface area (Å²) in [5.41, 5.74) is 10.4. The zero-order valence-electron chi connectivity index (χ0n) is 30.2. The third-order valence-electron chi connectivity index (χ3n) is 9.16. The number of alkyl halides is 2. The second-order valence-electron chi connectivity index (χ2n) is 12.8. The van der Waals surface area contributed by atoms with Crippen molar-refractivity contribution in [2.45, 2.75) is 55.1 Å². The number of aromatic nitrogens is 6. The van der Waals surface area contributed by atoms with Crippen molar-refractivity contribution in [2.75, 3.05) is 6.61 Å². The summed E-state index contributed by atoms with van der Waals surface area (Å²) in [7, 11) is 0. The molecule has 53 heavy (non-hydrogen) atoms. The van der Waals surface area contributed by atoms with Crippen LogP contribution in [0.4, 0.5) is 17.6 Å². The molecule has 8 rings (SSSR count). The lowest BCUT2D eigenvalue weighted by atomic mass is 10.1. The largest absolute Gasteiger partial charge is 0.491 e. The highest BCUT2D eigenvalue weighted by molar-refractivity contribution is 5.89. The standard InChI is InChI=1S/C21H20FN3O.C20H16F3N3O/c1-5-26-18-11-15(22)10-17-19(18)23-13(3)20-14(4)24-21(25(17)20)16-9-7-6-8-12(16)2;1-10-6-4-5-7-14(10)19-25-12(3)18-11(2)24-17-15(26(18)19)8-13(21)9-16(17)27-20(22)23/h6-11H,5H2,1-4H3;4-9,20H,1-3H3. The van der Waals surface area contributed by atoms with Gasteiger partial charge < -0.3 is 9.47 Å². The van der Waals surface area contributed by atoms with Crippen LogP contribution in [-0.2, 0) is 0 Å². The summed E-state index contributed by atoms with van der Waals surface area (Å²) in [6.07, 6.45) is 0. The number of benzene rings is 4. The highest BCUT2D eigenvalue weighted by Crippen LogP contribution is 2.35. The maximum Gasteiger partial charge on any atom is 0.387 e. The average molecular weight is 721 g/mol. The average Bonchev–Trinajstić information content (AvgIpc) is 3.64. The molecule has 4 heterocycles. The second kappa shape index (κ2) is 13.8. The van der Waals surface area contributed by atoms with Crippen LogP contribution in [0.25, 0.3) is 55.9 Å². The van der Waals surface area contributed by atoms with E-state index in [-0.39, 0.29) is 17.1 Å². The van der Waals surface area contributed by atoms with Crippen molar-refractivity contribution in [3.05, 3.63) is 118 Å². The fourth-order valence-corrected chi connectivity index (χ4v) is 6.96. The Morgan fingerprint density at radius 2 is 1.00 bits per heavy atom. The maximum absolute atomic E-state index is 14.3. The molecule has 4 aromatic heterocycles. The number of ether oxygens (including phenoxy) is 2. The predicted octanol–water partition coefficient (Wildman–Crippen LogP) is 10.2. The summed E-state index contributed by atoms with van der Waals surface area (Å²) in [5.74, 6) is 0.507. The van der Waals surface area contributed by atoms with E-state index in [0.29, 0.717) is 45.9 Å². The van der Waals surface area contributed by atoms with Crippen LogP contribution in [0.15, 0.2) is 72.8 Å². The van der Waals surface area contributed by atoms with Crippen molar-refractivity contribution in [1.82, 2.24) is 28.7 Å². The van der Waals surface area contributed by atoms with Crippen molar-refractivity contribution in [3.8, 4) is 34.3 Å². The number of hydrogen-bond donors (Lipinski definition) is 0. The van der Waals surface area contributed by atoms with Gasteiger partial charge in [-0.3, -0.25) is 8.80 Å². The molecule has 0 atom stereocenters. The zero-order valence-corrected chi connectivity index (χ0v) is 30.2. The highest BCUT2D eigenvalue weighted by Gasteiger charge is 2.22. The number of fused-ring (bicyclic) bond motifs is 6. The van der Waals surface area contributed by atoms with Gasteiger partial charge in [0.2, 0.25) is 0 Å². The molecule has 0 N–H and O–H groups in total. The van der Waals surface area contributed by atoms with Crippen LogP contribution < -0.4 is 9.47 Å². The second-order valence-corrected chi connectivity index (χ2v) is 12.8. The Bertz CT molecular complexity index is 2700. The fraction of sp³-hybridized carbons (Fsp3) is 0.220. The molecule has 0 aliphatic rings. The quantitative estimate of drug-likeness (QED) is 0.159. The van der Waals surface area contributed by atoms with E-state index in [9.17, 15) is 17.6 Å². The number of halogens is 4. The fourth-order valence-electron chi connectivity index (χ4n) is 6.96. The molecule has 0 fully saturated rings. The molecule has 8 nitrogen and oxygen atoms in total. The minimum Gasteiger partial charge on any atom is -0.491 e. The summed E-state index contributed by atoms with van der Waals surface area (Å²) in [6, 6.07) is 20.8. The summed E-state index contributed by atoms with van der Waals surface area (Å²) >= 11 is 0. The number of imidazole rings is 2.